The number of carboxylic acid groups (broad SMARTS) is 1. The van der Waals surface area contributed by atoms with Crippen molar-refractivity contribution in [2.75, 3.05) is 0 Å². The first-order chi connectivity index (χ1) is 7.43. The molecule has 2 heterocycles. The number of thiophene rings is 1. The molecule has 2 rings (SSSR count). The Labute approximate surface area is 96.2 Å². The van der Waals surface area contributed by atoms with E-state index in [0.29, 0.717) is 0 Å². The molecule has 5 heteroatoms. The number of hydrogen-bond acceptors (Lipinski definition) is 4. The molecule has 1 aliphatic heterocycles. The summed E-state index contributed by atoms with van der Waals surface area (Å²) in [4.78, 5) is 24.3. The molecule has 1 N–H and O–H groups in total. The van der Waals surface area contributed by atoms with Crippen molar-refractivity contribution in [2.45, 2.75) is 19.4 Å². The highest BCUT2D eigenvalue weighted by molar-refractivity contribution is 7.12. The molecule has 0 fully saturated rings. The number of aliphatic carboxylic acids is 1. The molecule has 1 aliphatic rings. The normalized spacial score (nSPS) is 24.1. The molecule has 0 aromatic carbocycles. The van der Waals surface area contributed by atoms with Crippen LogP contribution in [-0.4, -0.2) is 16.9 Å². The summed E-state index contributed by atoms with van der Waals surface area (Å²) in [5.41, 5.74) is -1.17. The topological polar surface area (TPSA) is 63.6 Å². The minimum atomic E-state index is -1.22. The van der Waals surface area contributed by atoms with Crippen molar-refractivity contribution in [2.24, 2.45) is 0 Å². The van der Waals surface area contributed by atoms with Gasteiger partial charge in [0, 0.05) is 11.0 Å². The second-order valence-electron chi connectivity index (χ2n) is 3.72. The van der Waals surface area contributed by atoms with Gasteiger partial charge in [-0.3, -0.25) is 4.79 Å². The summed E-state index contributed by atoms with van der Waals surface area (Å²) < 4.78 is 5.24. The Morgan fingerprint density at radius 1 is 1.50 bits per heavy atom. The first-order valence-corrected chi connectivity index (χ1v) is 5.50. The van der Waals surface area contributed by atoms with E-state index in [1.165, 1.54) is 11.3 Å². The van der Waals surface area contributed by atoms with Crippen molar-refractivity contribution < 1.29 is 19.4 Å². The Morgan fingerprint density at radius 3 is 2.62 bits per heavy atom. The minimum Gasteiger partial charge on any atom is -0.475 e. The van der Waals surface area contributed by atoms with E-state index < -0.39 is 11.6 Å². The minimum absolute atomic E-state index is 0.293. The van der Waals surface area contributed by atoms with Crippen LogP contribution in [0.15, 0.2) is 24.0 Å². The van der Waals surface area contributed by atoms with Crippen LogP contribution in [0.25, 0.3) is 0 Å². The van der Waals surface area contributed by atoms with Crippen molar-refractivity contribution in [3.05, 3.63) is 33.7 Å². The monoisotopic (exact) mass is 238 g/mol. The lowest BCUT2D eigenvalue weighted by atomic mass is 10.0. The van der Waals surface area contributed by atoms with E-state index in [9.17, 15) is 9.59 Å². The Bertz CT molecular complexity index is 500. The predicted octanol–water partition coefficient (Wildman–Crippen LogP) is 1.84. The number of aryl methyl sites for hydroxylation is 1. The quantitative estimate of drug-likeness (QED) is 0.853. The number of hydrogen-bond donors (Lipinski definition) is 1. The van der Waals surface area contributed by atoms with Crippen LogP contribution in [0.2, 0.25) is 0 Å². The standard InChI is InChI=1S/C11H10O4S/c1-6-3-4-9(16-6)11(2)8(12)5-7(15-11)10(13)14/h3-5H,1-2H3,(H,13,14). The van der Waals surface area contributed by atoms with Gasteiger partial charge in [0.15, 0.2) is 0 Å². The van der Waals surface area contributed by atoms with Crippen LogP contribution in [0.3, 0.4) is 0 Å². The molecule has 1 atom stereocenters. The zero-order valence-electron chi connectivity index (χ0n) is 8.81. The lowest BCUT2D eigenvalue weighted by Crippen LogP contribution is -2.28. The SMILES string of the molecule is Cc1ccc(C2(C)OC(C(=O)O)=CC2=O)s1. The fourth-order valence-corrected chi connectivity index (χ4v) is 2.48. The first kappa shape index (κ1) is 10.9. The maximum Gasteiger partial charge on any atom is 0.371 e. The van der Waals surface area contributed by atoms with Crippen LogP contribution in [0, 0.1) is 6.92 Å². The van der Waals surface area contributed by atoms with Crippen LogP contribution in [0.4, 0.5) is 0 Å². The lowest BCUT2D eigenvalue weighted by molar-refractivity contribution is -0.141. The van der Waals surface area contributed by atoms with Crippen LogP contribution >= 0.6 is 11.3 Å². The number of ketones is 1. The molecule has 1 aromatic rings. The van der Waals surface area contributed by atoms with Crippen molar-refractivity contribution in [1.82, 2.24) is 0 Å². The highest BCUT2D eigenvalue weighted by Crippen LogP contribution is 2.38. The third kappa shape index (κ3) is 1.53. The van der Waals surface area contributed by atoms with Gasteiger partial charge in [-0.15, -0.1) is 11.3 Å². The second kappa shape index (κ2) is 3.45. The molecular formula is C11H10O4S. The summed E-state index contributed by atoms with van der Waals surface area (Å²) in [5.74, 6) is -1.84. The van der Waals surface area contributed by atoms with E-state index >= 15 is 0 Å². The zero-order valence-corrected chi connectivity index (χ0v) is 9.63. The summed E-state index contributed by atoms with van der Waals surface area (Å²) in [6.45, 7) is 3.51. The van der Waals surface area contributed by atoms with E-state index in [2.05, 4.69) is 0 Å². The van der Waals surface area contributed by atoms with Gasteiger partial charge in [-0.05, 0) is 26.0 Å². The van der Waals surface area contributed by atoms with Crippen molar-refractivity contribution >= 4 is 23.1 Å². The average molecular weight is 238 g/mol. The van der Waals surface area contributed by atoms with E-state index in [0.717, 1.165) is 15.8 Å². The van der Waals surface area contributed by atoms with E-state index in [-0.39, 0.29) is 11.5 Å². The number of ether oxygens (including phenoxy) is 1. The molecule has 0 saturated carbocycles. The lowest BCUT2D eigenvalue weighted by Gasteiger charge is -2.21. The van der Waals surface area contributed by atoms with E-state index in [4.69, 9.17) is 9.84 Å². The molecule has 16 heavy (non-hydrogen) atoms. The highest BCUT2D eigenvalue weighted by atomic mass is 32.1. The van der Waals surface area contributed by atoms with Gasteiger partial charge in [0.25, 0.3) is 0 Å². The highest BCUT2D eigenvalue weighted by Gasteiger charge is 2.44. The van der Waals surface area contributed by atoms with E-state index in [1.807, 2.05) is 13.0 Å². The third-order valence-corrected chi connectivity index (χ3v) is 3.67. The fraction of sp³-hybridized carbons (Fsp3) is 0.273. The summed E-state index contributed by atoms with van der Waals surface area (Å²) in [7, 11) is 0. The van der Waals surface area contributed by atoms with Gasteiger partial charge in [-0.1, -0.05) is 0 Å². The molecule has 0 aliphatic carbocycles. The largest absolute Gasteiger partial charge is 0.475 e. The fourth-order valence-electron chi connectivity index (χ4n) is 1.52. The van der Waals surface area contributed by atoms with Gasteiger partial charge in [-0.25, -0.2) is 4.79 Å². The molecule has 1 aromatic heterocycles. The Balaban J connectivity index is 2.37. The van der Waals surface area contributed by atoms with Crippen LogP contribution in [-0.2, 0) is 19.9 Å². The van der Waals surface area contributed by atoms with Gasteiger partial charge in [0.1, 0.15) is 0 Å². The number of carbonyl (C=O) groups excluding carboxylic acids is 1. The second-order valence-corrected chi connectivity index (χ2v) is 5.01. The summed E-state index contributed by atoms with van der Waals surface area (Å²) in [5, 5.41) is 8.77. The van der Waals surface area contributed by atoms with Gasteiger partial charge >= 0.3 is 5.97 Å². The third-order valence-electron chi connectivity index (χ3n) is 2.47. The van der Waals surface area contributed by atoms with Crippen molar-refractivity contribution in [3.8, 4) is 0 Å². The van der Waals surface area contributed by atoms with Crippen molar-refractivity contribution in [3.63, 3.8) is 0 Å². The molecule has 0 spiro atoms. The van der Waals surface area contributed by atoms with Gasteiger partial charge in [-0.2, -0.15) is 0 Å². The average Bonchev–Trinajstić information content (AvgIpc) is 2.74. The maximum atomic E-state index is 11.8. The Morgan fingerprint density at radius 2 is 2.19 bits per heavy atom. The van der Waals surface area contributed by atoms with Gasteiger partial charge < -0.3 is 9.84 Å². The van der Waals surface area contributed by atoms with Crippen LogP contribution < -0.4 is 0 Å². The maximum absolute atomic E-state index is 11.8. The number of carboxylic acids is 1. The van der Waals surface area contributed by atoms with Crippen LogP contribution in [0.1, 0.15) is 16.7 Å². The molecule has 0 saturated heterocycles. The predicted molar refractivity (Wildman–Crippen MR) is 58.2 cm³/mol. The number of carbonyl (C=O) groups is 2. The van der Waals surface area contributed by atoms with Crippen molar-refractivity contribution in [1.29, 1.82) is 0 Å². The molecule has 0 bridgehead atoms. The smallest absolute Gasteiger partial charge is 0.371 e. The molecule has 0 radical (unpaired) electrons. The Hall–Kier alpha value is -1.62. The zero-order chi connectivity index (χ0) is 11.9. The van der Waals surface area contributed by atoms with Crippen LogP contribution in [0.5, 0.6) is 0 Å². The number of rotatable bonds is 2. The summed E-state index contributed by atoms with van der Waals surface area (Å²) in [6, 6.07) is 3.66. The Kier molecular flexibility index (Phi) is 2.35. The van der Waals surface area contributed by atoms with Gasteiger partial charge in [0.05, 0.1) is 4.88 Å². The summed E-state index contributed by atoms with van der Waals surface area (Å²) >= 11 is 1.43. The molecule has 0 amide bonds. The summed E-state index contributed by atoms with van der Waals surface area (Å²) in [6.07, 6.45) is 1.04. The van der Waals surface area contributed by atoms with E-state index in [1.54, 1.807) is 13.0 Å². The molecule has 4 nitrogen and oxygen atoms in total. The first-order valence-electron chi connectivity index (χ1n) is 4.69. The molecular weight excluding hydrogens is 228 g/mol. The van der Waals surface area contributed by atoms with Gasteiger partial charge in [0.2, 0.25) is 17.1 Å². The molecule has 1 unspecified atom stereocenters. The molecule has 84 valence electrons.